The second-order valence-electron chi connectivity index (χ2n) is 6.37. The second kappa shape index (κ2) is 10.1. The molecule has 0 saturated heterocycles. The van der Waals surface area contributed by atoms with E-state index in [-0.39, 0.29) is 5.56 Å². The molecule has 0 aliphatic rings. The molecule has 0 atom stereocenters. The Morgan fingerprint density at radius 3 is 2.70 bits per heavy atom. The van der Waals surface area contributed by atoms with Crippen molar-refractivity contribution in [2.45, 2.75) is 13.3 Å². The lowest BCUT2D eigenvalue weighted by molar-refractivity contribution is 0.0692. The smallest absolute Gasteiger partial charge is 0.339 e. The molecule has 2 N–H and O–H groups in total. The summed E-state index contributed by atoms with van der Waals surface area (Å²) in [6.07, 6.45) is 2.24. The molecule has 1 aromatic heterocycles. The topological polar surface area (TPSA) is 93.6 Å². The summed E-state index contributed by atoms with van der Waals surface area (Å²) in [7, 11) is 1.65. The highest BCUT2D eigenvalue weighted by molar-refractivity contribution is 9.10. The number of carboxylic acids is 1. The predicted octanol–water partition coefficient (Wildman–Crippen LogP) is 4.67. The van der Waals surface area contributed by atoms with E-state index in [1.165, 1.54) is 12.4 Å². The van der Waals surface area contributed by atoms with Gasteiger partial charge in [0.25, 0.3) is 0 Å². The van der Waals surface area contributed by atoms with E-state index in [9.17, 15) is 9.90 Å². The Labute approximate surface area is 183 Å². The maximum atomic E-state index is 11.4. The van der Waals surface area contributed by atoms with Crippen molar-refractivity contribution in [3.63, 3.8) is 0 Å². The van der Waals surface area contributed by atoms with Crippen LogP contribution in [0.4, 0.5) is 5.82 Å². The standard InChI is InChI=1S/C22H22BrN3O4/c1-3-30-20-10-15(5-7-17(20)22(27)28)18-12-21(26-13-25-18)24-9-8-14-4-6-16(23)11-19(14)29-2/h4-7,10-13H,3,8-9H2,1-2H3,(H,27,28)(H,24,25,26). The highest BCUT2D eigenvalue weighted by Gasteiger charge is 2.13. The molecule has 0 fully saturated rings. The summed E-state index contributed by atoms with van der Waals surface area (Å²) in [5.41, 5.74) is 2.64. The number of aromatic nitrogens is 2. The lowest BCUT2D eigenvalue weighted by Gasteiger charge is -2.11. The van der Waals surface area contributed by atoms with Gasteiger partial charge in [0, 0.05) is 22.6 Å². The molecule has 0 aliphatic heterocycles. The van der Waals surface area contributed by atoms with Crippen molar-refractivity contribution in [3.8, 4) is 22.8 Å². The van der Waals surface area contributed by atoms with Gasteiger partial charge in [0.1, 0.15) is 29.2 Å². The molecule has 0 bridgehead atoms. The number of anilines is 1. The monoisotopic (exact) mass is 471 g/mol. The molecular weight excluding hydrogens is 450 g/mol. The van der Waals surface area contributed by atoms with Gasteiger partial charge in [-0.3, -0.25) is 0 Å². The number of benzene rings is 2. The molecule has 0 saturated carbocycles. The normalized spacial score (nSPS) is 10.5. The van der Waals surface area contributed by atoms with Crippen molar-refractivity contribution in [1.82, 2.24) is 9.97 Å². The minimum Gasteiger partial charge on any atom is -0.496 e. The number of carboxylic acid groups (broad SMARTS) is 1. The Balaban J connectivity index is 1.74. The van der Waals surface area contributed by atoms with Crippen LogP contribution in [0.1, 0.15) is 22.8 Å². The number of aromatic carboxylic acids is 1. The first-order valence-corrected chi connectivity index (χ1v) is 10.2. The van der Waals surface area contributed by atoms with Gasteiger partial charge in [-0.05, 0) is 43.2 Å². The van der Waals surface area contributed by atoms with E-state index >= 15 is 0 Å². The number of ether oxygens (including phenoxy) is 2. The van der Waals surface area contributed by atoms with Crippen LogP contribution in [0.2, 0.25) is 0 Å². The van der Waals surface area contributed by atoms with Gasteiger partial charge in [0.05, 0.1) is 19.4 Å². The van der Waals surface area contributed by atoms with Gasteiger partial charge in [-0.15, -0.1) is 0 Å². The Bertz CT molecular complexity index is 1040. The molecule has 0 aliphatic carbocycles. The molecule has 3 aromatic rings. The lowest BCUT2D eigenvalue weighted by atomic mass is 10.1. The van der Waals surface area contributed by atoms with Gasteiger partial charge in [0.15, 0.2) is 0 Å². The van der Waals surface area contributed by atoms with Crippen molar-refractivity contribution < 1.29 is 19.4 Å². The summed E-state index contributed by atoms with van der Waals surface area (Å²) in [5.74, 6) is 0.796. The fourth-order valence-electron chi connectivity index (χ4n) is 3.00. The van der Waals surface area contributed by atoms with Crippen LogP contribution in [0.25, 0.3) is 11.3 Å². The molecule has 2 aromatic carbocycles. The van der Waals surface area contributed by atoms with Crippen LogP contribution in [0.3, 0.4) is 0 Å². The summed E-state index contributed by atoms with van der Waals surface area (Å²) < 4.78 is 11.9. The van der Waals surface area contributed by atoms with E-state index < -0.39 is 5.97 Å². The van der Waals surface area contributed by atoms with Gasteiger partial charge >= 0.3 is 5.97 Å². The summed E-state index contributed by atoms with van der Waals surface area (Å²) in [5, 5.41) is 12.6. The fraction of sp³-hybridized carbons (Fsp3) is 0.227. The van der Waals surface area contributed by atoms with Gasteiger partial charge < -0.3 is 19.9 Å². The van der Waals surface area contributed by atoms with E-state index in [0.717, 1.165) is 27.8 Å². The number of hydrogen-bond acceptors (Lipinski definition) is 6. The Kier molecular flexibility index (Phi) is 7.24. The van der Waals surface area contributed by atoms with Crippen LogP contribution in [-0.2, 0) is 6.42 Å². The quantitative estimate of drug-likeness (QED) is 0.468. The van der Waals surface area contributed by atoms with Crippen molar-refractivity contribution in [3.05, 3.63) is 64.4 Å². The number of hydrogen-bond donors (Lipinski definition) is 2. The minimum atomic E-state index is -1.03. The van der Waals surface area contributed by atoms with E-state index in [1.807, 2.05) is 31.2 Å². The van der Waals surface area contributed by atoms with Crippen LogP contribution in [0, 0.1) is 0 Å². The number of nitrogens with one attached hydrogen (secondary N) is 1. The van der Waals surface area contributed by atoms with Crippen LogP contribution >= 0.6 is 15.9 Å². The van der Waals surface area contributed by atoms with E-state index in [2.05, 4.69) is 31.2 Å². The third-order valence-electron chi connectivity index (χ3n) is 4.42. The number of halogens is 1. The van der Waals surface area contributed by atoms with E-state index in [1.54, 1.807) is 19.2 Å². The van der Waals surface area contributed by atoms with Gasteiger partial charge in [-0.1, -0.05) is 28.1 Å². The number of carbonyl (C=O) groups is 1. The molecule has 1 heterocycles. The molecule has 0 amide bonds. The second-order valence-corrected chi connectivity index (χ2v) is 7.29. The molecule has 3 rings (SSSR count). The zero-order valence-corrected chi connectivity index (χ0v) is 18.3. The fourth-order valence-corrected chi connectivity index (χ4v) is 3.34. The maximum absolute atomic E-state index is 11.4. The average Bonchev–Trinajstić information content (AvgIpc) is 2.75. The zero-order chi connectivity index (χ0) is 21.5. The summed E-state index contributed by atoms with van der Waals surface area (Å²) in [6, 6.07) is 12.7. The molecule has 8 heteroatoms. The first-order valence-electron chi connectivity index (χ1n) is 9.40. The molecule has 0 unspecified atom stereocenters. The van der Waals surface area contributed by atoms with Crippen LogP contribution < -0.4 is 14.8 Å². The summed E-state index contributed by atoms with van der Waals surface area (Å²) in [6.45, 7) is 2.85. The highest BCUT2D eigenvalue weighted by atomic mass is 79.9. The number of rotatable bonds is 9. The van der Waals surface area contributed by atoms with Crippen molar-refractivity contribution in [2.75, 3.05) is 25.6 Å². The molecule has 30 heavy (non-hydrogen) atoms. The van der Waals surface area contributed by atoms with Crippen LogP contribution in [0.15, 0.2) is 53.3 Å². The SMILES string of the molecule is CCOc1cc(-c2cc(NCCc3ccc(Br)cc3OC)ncn2)ccc1C(=O)O. The Hall–Kier alpha value is -3.13. The summed E-state index contributed by atoms with van der Waals surface area (Å²) in [4.78, 5) is 20.0. The van der Waals surface area contributed by atoms with Gasteiger partial charge in [-0.25, -0.2) is 14.8 Å². The predicted molar refractivity (Wildman–Crippen MR) is 118 cm³/mol. The first-order chi connectivity index (χ1) is 14.5. The largest absolute Gasteiger partial charge is 0.496 e. The zero-order valence-electron chi connectivity index (χ0n) is 16.7. The molecule has 0 radical (unpaired) electrons. The van der Waals surface area contributed by atoms with Gasteiger partial charge in [-0.2, -0.15) is 0 Å². The van der Waals surface area contributed by atoms with Gasteiger partial charge in [0.2, 0.25) is 0 Å². The molecular formula is C22H22BrN3O4. The Morgan fingerprint density at radius 1 is 1.13 bits per heavy atom. The summed E-state index contributed by atoms with van der Waals surface area (Å²) >= 11 is 3.45. The minimum absolute atomic E-state index is 0.122. The first kappa shape index (κ1) is 21.6. The number of nitrogens with zero attached hydrogens (tertiary/aromatic N) is 2. The average molecular weight is 472 g/mol. The highest BCUT2D eigenvalue weighted by Crippen LogP contribution is 2.28. The lowest BCUT2D eigenvalue weighted by Crippen LogP contribution is -2.07. The van der Waals surface area contributed by atoms with Crippen molar-refractivity contribution >= 4 is 27.7 Å². The third kappa shape index (κ3) is 5.27. The van der Waals surface area contributed by atoms with Crippen LogP contribution in [0.5, 0.6) is 11.5 Å². The molecule has 7 nitrogen and oxygen atoms in total. The number of methoxy groups -OCH3 is 1. The third-order valence-corrected chi connectivity index (χ3v) is 4.92. The molecule has 156 valence electrons. The van der Waals surface area contributed by atoms with Crippen molar-refractivity contribution in [1.29, 1.82) is 0 Å². The molecule has 0 spiro atoms. The maximum Gasteiger partial charge on any atom is 0.339 e. The van der Waals surface area contributed by atoms with Crippen LogP contribution in [-0.4, -0.2) is 41.3 Å². The van der Waals surface area contributed by atoms with Crippen molar-refractivity contribution in [2.24, 2.45) is 0 Å². The van der Waals surface area contributed by atoms with E-state index in [0.29, 0.717) is 30.4 Å². The Morgan fingerprint density at radius 2 is 1.97 bits per heavy atom. The van der Waals surface area contributed by atoms with E-state index in [4.69, 9.17) is 9.47 Å².